The smallest absolute Gasteiger partial charge is 0.133 e. The first kappa shape index (κ1) is 11.2. The van der Waals surface area contributed by atoms with Gasteiger partial charge in [0.05, 0.1) is 5.69 Å². The number of nitrogens with two attached hydrogens (primary N) is 1. The van der Waals surface area contributed by atoms with Gasteiger partial charge in [-0.1, -0.05) is 19.1 Å². The topological polar surface area (TPSA) is 38.9 Å². The van der Waals surface area contributed by atoms with Crippen molar-refractivity contribution in [3.8, 4) is 10.6 Å². The Hall–Kier alpha value is -1.26. The molecule has 0 saturated carbocycles. The van der Waals surface area contributed by atoms with Crippen molar-refractivity contribution in [2.45, 2.75) is 12.8 Å². The van der Waals surface area contributed by atoms with Crippen molar-refractivity contribution >= 4 is 11.3 Å². The molecule has 1 aromatic heterocycles. The number of halogens is 1. The van der Waals surface area contributed by atoms with E-state index in [1.54, 1.807) is 12.1 Å². The monoisotopic (exact) mass is 236 g/mol. The van der Waals surface area contributed by atoms with Crippen LogP contribution in [0.15, 0.2) is 29.6 Å². The van der Waals surface area contributed by atoms with Gasteiger partial charge >= 0.3 is 0 Å². The number of thiazole rings is 1. The lowest BCUT2D eigenvalue weighted by molar-refractivity contribution is 0.631. The quantitative estimate of drug-likeness (QED) is 0.889. The Kier molecular flexibility index (Phi) is 3.31. The second kappa shape index (κ2) is 4.72. The summed E-state index contributed by atoms with van der Waals surface area (Å²) in [6.45, 7) is 2.57. The third kappa shape index (κ3) is 2.13. The normalized spacial score (nSPS) is 12.7. The molecule has 0 aliphatic rings. The third-order valence-electron chi connectivity index (χ3n) is 2.48. The molecule has 2 aromatic rings. The van der Waals surface area contributed by atoms with Crippen LogP contribution in [0.5, 0.6) is 0 Å². The highest BCUT2D eigenvalue weighted by Gasteiger charge is 2.11. The molecular weight excluding hydrogens is 223 g/mol. The highest BCUT2D eigenvalue weighted by atomic mass is 32.1. The zero-order chi connectivity index (χ0) is 11.5. The Morgan fingerprint density at radius 1 is 1.44 bits per heavy atom. The molecule has 16 heavy (non-hydrogen) atoms. The van der Waals surface area contributed by atoms with E-state index in [4.69, 9.17) is 5.73 Å². The van der Waals surface area contributed by atoms with Crippen molar-refractivity contribution in [1.82, 2.24) is 4.98 Å². The van der Waals surface area contributed by atoms with Crippen LogP contribution in [0.2, 0.25) is 0 Å². The highest BCUT2D eigenvalue weighted by molar-refractivity contribution is 7.13. The van der Waals surface area contributed by atoms with Crippen molar-refractivity contribution in [2.24, 2.45) is 5.73 Å². The fraction of sp³-hybridized carbons (Fsp3) is 0.250. The van der Waals surface area contributed by atoms with E-state index in [0.29, 0.717) is 17.1 Å². The molecule has 84 valence electrons. The maximum absolute atomic E-state index is 13.5. The first-order valence-corrected chi connectivity index (χ1v) is 6.00. The molecule has 0 aliphatic carbocycles. The molecule has 1 aromatic carbocycles. The van der Waals surface area contributed by atoms with Gasteiger partial charge in [0.25, 0.3) is 0 Å². The van der Waals surface area contributed by atoms with Gasteiger partial charge in [-0.05, 0) is 12.1 Å². The number of nitrogens with zero attached hydrogens (tertiary/aromatic N) is 1. The molecular formula is C12H13FN2S. The second-order valence-corrected chi connectivity index (χ2v) is 4.55. The van der Waals surface area contributed by atoms with Crippen molar-refractivity contribution < 1.29 is 4.39 Å². The lowest BCUT2D eigenvalue weighted by atomic mass is 10.1. The average molecular weight is 236 g/mol. The summed E-state index contributed by atoms with van der Waals surface area (Å²) < 4.78 is 13.5. The molecule has 0 saturated heterocycles. The highest BCUT2D eigenvalue weighted by Crippen LogP contribution is 2.28. The molecule has 1 heterocycles. The van der Waals surface area contributed by atoms with Crippen LogP contribution < -0.4 is 5.73 Å². The Labute approximate surface area is 97.9 Å². The summed E-state index contributed by atoms with van der Waals surface area (Å²) in [5.74, 6) is -0.0134. The molecule has 0 spiro atoms. The molecule has 0 fully saturated rings. The standard InChI is InChI=1S/C12H13FN2S/c1-8(6-14)11-7-16-12(15-11)9-4-2-3-5-10(9)13/h2-5,7-8H,6,14H2,1H3. The Morgan fingerprint density at radius 3 is 2.88 bits per heavy atom. The summed E-state index contributed by atoms with van der Waals surface area (Å²) in [7, 11) is 0. The maximum Gasteiger partial charge on any atom is 0.133 e. The fourth-order valence-corrected chi connectivity index (χ4v) is 2.36. The van der Waals surface area contributed by atoms with Gasteiger partial charge in [0, 0.05) is 23.4 Å². The van der Waals surface area contributed by atoms with E-state index in [9.17, 15) is 4.39 Å². The van der Waals surface area contributed by atoms with E-state index >= 15 is 0 Å². The van der Waals surface area contributed by atoms with Gasteiger partial charge in [0.15, 0.2) is 0 Å². The molecule has 0 bridgehead atoms. The molecule has 2 N–H and O–H groups in total. The molecule has 2 nitrogen and oxygen atoms in total. The first-order valence-electron chi connectivity index (χ1n) is 5.12. The Morgan fingerprint density at radius 2 is 2.19 bits per heavy atom. The minimum absolute atomic E-state index is 0.219. The molecule has 0 radical (unpaired) electrons. The van der Waals surface area contributed by atoms with Crippen LogP contribution in [0.1, 0.15) is 18.5 Å². The molecule has 0 amide bonds. The molecule has 2 rings (SSSR count). The second-order valence-electron chi connectivity index (χ2n) is 3.69. The summed E-state index contributed by atoms with van der Waals surface area (Å²) in [4.78, 5) is 4.41. The van der Waals surface area contributed by atoms with E-state index in [2.05, 4.69) is 4.98 Å². The zero-order valence-corrected chi connectivity index (χ0v) is 9.80. The number of rotatable bonds is 3. The summed E-state index contributed by atoms with van der Waals surface area (Å²) >= 11 is 1.45. The number of aromatic nitrogens is 1. The van der Waals surface area contributed by atoms with Crippen molar-refractivity contribution in [3.63, 3.8) is 0 Å². The van der Waals surface area contributed by atoms with Gasteiger partial charge in [-0.25, -0.2) is 9.37 Å². The lowest BCUT2D eigenvalue weighted by Gasteiger charge is -2.02. The summed E-state index contributed by atoms with van der Waals surface area (Å²) in [6.07, 6.45) is 0. The van der Waals surface area contributed by atoms with Gasteiger partial charge in [-0.2, -0.15) is 0 Å². The van der Waals surface area contributed by atoms with E-state index < -0.39 is 0 Å². The van der Waals surface area contributed by atoms with E-state index in [1.165, 1.54) is 17.4 Å². The van der Waals surface area contributed by atoms with Crippen LogP contribution in [0, 0.1) is 5.82 Å². The average Bonchev–Trinajstić information content (AvgIpc) is 2.78. The number of hydrogen-bond donors (Lipinski definition) is 1. The van der Waals surface area contributed by atoms with Gasteiger partial charge in [-0.15, -0.1) is 11.3 Å². The van der Waals surface area contributed by atoms with E-state index in [0.717, 1.165) is 5.69 Å². The Balaban J connectivity index is 2.35. The Bertz CT molecular complexity index is 481. The maximum atomic E-state index is 13.5. The molecule has 1 unspecified atom stereocenters. The van der Waals surface area contributed by atoms with Crippen LogP contribution in [0.3, 0.4) is 0 Å². The van der Waals surface area contributed by atoms with Crippen LogP contribution in [-0.4, -0.2) is 11.5 Å². The number of hydrogen-bond acceptors (Lipinski definition) is 3. The first-order chi connectivity index (χ1) is 7.72. The zero-order valence-electron chi connectivity index (χ0n) is 8.98. The van der Waals surface area contributed by atoms with Crippen molar-refractivity contribution in [3.05, 3.63) is 41.2 Å². The van der Waals surface area contributed by atoms with Crippen LogP contribution in [0.25, 0.3) is 10.6 Å². The molecule has 4 heteroatoms. The van der Waals surface area contributed by atoms with Crippen molar-refractivity contribution in [2.75, 3.05) is 6.54 Å². The van der Waals surface area contributed by atoms with Crippen LogP contribution >= 0.6 is 11.3 Å². The number of benzene rings is 1. The SMILES string of the molecule is CC(CN)c1csc(-c2ccccc2F)n1. The van der Waals surface area contributed by atoms with Crippen molar-refractivity contribution in [1.29, 1.82) is 0 Å². The largest absolute Gasteiger partial charge is 0.330 e. The van der Waals surface area contributed by atoms with E-state index in [-0.39, 0.29) is 11.7 Å². The van der Waals surface area contributed by atoms with Gasteiger partial charge < -0.3 is 5.73 Å². The van der Waals surface area contributed by atoms with Crippen LogP contribution in [0.4, 0.5) is 4.39 Å². The molecule has 0 aliphatic heterocycles. The summed E-state index contributed by atoms with van der Waals surface area (Å²) in [5, 5.41) is 2.66. The predicted octanol–water partition coefficient (Wildman–Crippen LogP) is 3.01. The summed E-state index contributed by atoms with van der Waals surface area (Å²) in [5.41, 5.74) is 7.07. The van der Waals surface area contributed by atoms with E-state index in [1.807, 2.05) is 18.4 Å². The van der Waals surface area contributed by atoms with Gasteiger partial charge in [-0.3, -0.25) is 0 Å². The fourth-order valence-electron chi connectivity index (χ4n) is 1.39. The van der Waals surface area contributed by atoms with Gasteiger partial charge in [0.2, 0.25) is 0 Å². The van der Waals surface area contributed by atoms with Gasteiger partial charge in [0.1, 0.15) is 10.8 Å². The predicted molar refractivity (Wildman–Crippen MR) is 65.0 cm³/mol. The summed E-state index contributed by atoms with van der Waals surface area (Å²) in [6, 6.07) is 6.68. The molecule has 1 atom stereocenters. The van der Waals surface area contributed by atoms with Crippen LogP contribution in [-0.2, 0) is 0 Å². The minimum Gasteiger partial charge on any atom is -0.330 e. The lowest BCUT2D eigenvalue weighted by Crippen LogP contribution is -2.08. The third-order valence-corrected chi connectivity index (χ3v) is 3.38. The minimum atomic E-state index is -0.233.